The Balaban J connectivity index is 2.29. The maximum atomic E-state index is 13.5. The number of aryl methyl sites for hydroxylation is 1. The summed E-state index contributed by atoms with van der Waals surface area (Å²) >= 11 is 0. The fourth-order valence-corrected chi connectivity index (χ4v) is 1.58. The van der Waals surface area contributed by atoms with Crippen LogP contribution in [0.1, 0.15) is 19.2 Å². The fourth-order valence-electron chi connectivity index (χ4n) is 1.58. The van der Waals surface area contributed by atoms with Gasteiger partial charge < -0.3 is 4.74 Å². The average Bonchev–Trinajstić information content (AvgIpc) is 2.78. The molecule has 0 unspecified atom stereocenters. The van der Waals surface area contributed by atoms with Gasteiger partial charge in [0.2, 0.25) is 0 Å². The lowest BCUT2D eigenvalue weighted by atomic mass is 10.2. The molecule has 0 saturated carbocycles. The van der Waals surface area contributed by atoms with E-state index >= 15 is 0 Å². The first-order chi connectivity index (χ1) is 8.24. The van der Waals surface area contributed by atoms with Gasteiger partial charge >= 0.3 is 0 Å². The van der Waals surface area contributed by atoms with Crippen LogP contribution in [0, 0.1) is 5.82 Å². The van der Waals surface area contributed by atoms with Crippen molar-refractivity contribution in [1.82, 2.24) is 15.2 Å². The highest BCUT2D eigenvalue weighted by Crippen LogP contribution is 2.23. The zero-order valence-electron chi connectivity index (χ0n) is 9.83. The zero-order valence-corrected chi connectivity index (χ0v) is 9.83. The largest absolute Gasteiger partial charge is 0.494 e. The second-order valence-electron chi connectivity index (χ2n) is 3.71. The van der Waals surface area contributed by atoms with E-state index in [4.69, 9.17) is 4.74 Å². The molecular weight excluding hydrogens is 221 g/mol. The van der Waals surface area contributed by atoms with Gasteiger partial charge in [-0.1, -0.05) is 6.92 Å². The Morgan fingerprint density at radius 3 is 2.88 bits per heavy atom. The summed E-state index contributed by atoms with van der Waals surface area (Å²) in [6, 6.07) is 4.68. The first-order valence-electron chi connectivity index (χ1n) is 5.49. The molecule has 90 valence electrons. The van der Waals surface area contributed by atoms with Crippen molar-refractivity contribution in [3.8, 4) is 17.1 Å². The third-order valence-corrected chi connectivity index (χ3v) is 2.43. The molecule has 1 heterocycles. The molecular formula is C12H14FN3O. The van der Waals surface area contributed by atoms with Crippen LogP contribution in [0.3, 0.4) is 0 Å². The minimum absolute atomic E-state index is 0.220. The molecule has 2 aromatic rings. The van der Waals surface area contributed by atoms with E-state index in [1.807, 2.05) is 0 Å². The van der Waals surface area contributed by atoms with Gasteiger partial charge in [-0.3, -0.25) is 5.10 Å². The molecule has 0 saturated heterocycles. The number of benzene rings is 1. The third-order valence-electron chi connectivity index (χ3n) is 2.43. The Morgan fingerprint density at radius 2 is 2.24 bits per heavy atom. The van der Waals surface area contributed by atoms with Crippen molar-refractivity contribution >= 4 is 0 Å². The lowest BCUT2D eigenvalue weighted by Crippen LogP contribution is -1.89. The van der Waals surface area contributed by atoms with E-state index in [0.29, 0.717) is 11.4 Å². The van der Waals surface area contributed by atoms with E-state index in [0.717, 1.165) is 18.7 Å². The first kappa shape index (κ1) is 11.6. The number of aromatic amines is 1. The van der Waals surface area contributed by atoms with Crippen LogP contribution in [0.4, 0.5) is 4.39 Å². The van der Waals surface area contributed by atoms with E-state index in [-0.39, 0.29) is 5.75 Å². The summed E-state index contributed by atoms with van der Waals surface area (Å²) in [6.45, 7) is 2.06. The highest BCUT2D eigenvalue weighted by molar-refractivity contribution is 5.56. The molecule has 5 heteroatoms. The normalized spacial score (nSPS) is 10.5. The number of rotatable bonds is 4. The predicted molar refractivity (Wildman–Crippen MR) is 62.3 cm³/mol. The Bertz CT molecular complexity index is 510. The lowest BCUT2D eigenvalue weighted by molar-refractivity contribution is 0.386. The van der Waals surface area contributed by atoms with Crippen molar-refractivity contribution in [1.29, 1.82) is 0 Å². The molecule has 0 aliphatic carbocycles. The molecule has 1 aromatic carbocycles. The highest BCUT2D eigenvalue weighted by Gasteiger charge is 2.09. The molecule has 0 atom stereocenters. The second-order valence-corrected chi connectivity index (χ2v) is 3.71. The number of H-pyrrole nitrogens is 1. The van der Waals surface area contributed by atoms with Gasteiger partial charge in [-0.2, -0.15) is 5.10 Å². The summed E-state index contributed by atoms with van der Waals surface area (Å²) in [4.78, 5) is 4.29. The van der Waals surface area contributed by atoms with Gasteiger partial charge in [0.1, 0.15) is 5.82 Å². The lowest BCUT2D eigenvalue weighted by Gasteiger charge is -2.02. The number of ether oxygens (including phenoxy) is 1. The van der Waals surface area contributed by atoms with Crippen LogP contribution in [0.5, 0.6) is 5.75 Å². The summed E-state index contributed by atoms with van der Waals surface area (Å²) in [7, 11) is 1.43. The topological polar surface area (TPSA) is 50.8 Å². The smallest absolute Gasteiger partial charge is 0.181 e. The van der Waals surface area contributed by atoms with Crippen LogP contribution in [0.15, 0.2) is 18.2 Å². The van der Waals surface area contributed by atoms with Gasteiger partial charge in [-0.25, -0.2) is 9.37 Å². The Morgan fingerprint density at radius 1 is 1.41 bits per heavy atom. The van der Waals surface area contributed by atoms with Gasteiger partial charge in [0.25, 0.3) is 0 Å². The van der Waals surface area contributed by atoms with Crippen molar-refractivity contribution in [2.24, 2.45) is 0 Å². The molecule has 0 aliphatic heterocycles. The summed E-state index contributed by atoms with van der Waals surface area (Å²) in [6.07, 6.45) is 1.83. The minimum atomic E-state index is -0.410. The van der Waals surface area contributed by atoms with Gasteiger partial charge in [0, 0.05) is 12.0 Å². The maximum Gasteiger partial charge on any atom is 0.181 e. The van der Waals surface area contributed by atoms with Crippen molar-refractivity contribution in [2.45, 2.75) is 19.8 Å². The van der Waals surface area contributed by atoms with Crippen molar-refractivity contribution in [2.75, 3.05) is 7.11 Å². The maximum absolute atomic E-state index is 13.5. The molecule has 0 radical (unpaired) electrons. The number of nitrogens with zero attached hydrogens (tertiary/aromatic N) is 2. The second kappa shape index (κ2) is 4.95. The highest BCUT2D eigenvalue weighted by atomic mass is 19.1. The van der Waals surface area contributed by atoms with Crippen LogP contribution >= 0.6 is 0 Å². The average molecular weight is 235 g/mol. The summed E-state index contributed by atoms with van der Waals surface area (Å²) in [5.74, 6) is 1.14. The number of hydrogen-bond acceptors (Lipinski definition) is 3. The standard InChI is InChI=1S/C12H14FN3O/c1-3-4-11-14-12(16-15-11)8-5-6-10(17-2)9(13)7-8/h5-7H,3-4H2,1-2H3,(H,14,15,16). The molecule has 0 bridgehead atoms. The Hall–Kier alpha value is -1.91. The van der Waals surface area contributed by atoms with Gasteiger partial charge in [-0.15, -0.1) is 0 Å². The molecule has 2 rings (SSSR count). The number of halogens is 1. The summed E-state index contributed by atoms with van der Waals surface area (Å²) in [5, 5.41) is 6.90. The predicted octanol–water partition coefficient (Wildman–Crippen LogP) is 2.57. The van der Waals surface area contributed by atoms with Gasteiger partial charge in [0.15, 0.2) is 17.4 Å². The van der Waals surface area contributed by atoms with Crippen LogP contribution in [-0.2, 0) is 6.42 Å². The van der Waals surface area contributed by atoms with Crippen LogP contribution < -0.4 is 4.74 Å². The minimum Gasteiger partial charge on any atom is -0.494 e. The number of aromatic nitrogens is 3. The van der Waals surface area contributed by atoms with E-state index < -0.39 is 5.82 Å². The molecule has 1 N–H and O–H groups in total. The molecule has 0 fully saturated rings. The van der Waals surface area contributed by atoms with Crippen molar-refractivity contribution < 1.29 is 9.13 Å². The molecule has 0 spiro atoms. The van der Waals surface area contributed by atoms with Crippen LogP contribution in [0.25, 0.3) is 11.4 Å². The molecule has 4 nitrogen and oxygen atoms in total. The quantitative estimate of drug-likeness (QED) is 0.886. The molecule has 1 aromatic heterocycles. The van der Waals surface area contributed by atoms with Crippen molar-refractivity contribution in [3.05, 3.63) is 29.8 Å². The first-order valence-corrected chi connectivity index (χ1v) is 5.49. The molecule has 0 amide bonds. The van der Waals surface area contributed by atoms with E-state index in [9.17, 15) is 4.39 Å². The van der Waals surface area contributed by atoms with E-state index in [1.54, 1.807) is 12.1 Å². The van der Waals surface area contributed by atoms with Crippen LogP contribution in [0.2, 0.25) is 0 Å². The Labute approximate surface area is 98.8 Å². The summed E-state index contributed by atoms with van der Waals surface area (Å²) < 4.78 is 18.4. The third kappa shape index (κ3) is 2.43. The Kier molecular flexibility index (Phi) is 3.37. The van der Waals surface area contributed by atoms with Gasteiger partial charge in [-0.05, 0) is 24.6 Å². The molecule has 0 aliphatic rings. The van der Waals surface area contributed by atoms with Crippen LogP contribution in [-0.4, -0.2) is 22.3 Å². The van der Waals surface area contributed by atoms with Gasteiger partial charge in [0.05, 0.1) is 7.11 Å². The monoisotopic (exact) mass is 235 g/mol. The number of hydrogen-bond donors (Lipinski definition) is 1. The summed E-state index contributed by atoms with van der Waals surface area (Å²) in [5.41, 5.74) is 0.641. The van der Waals surface area contributed by atoms with E-state index in [1.165, 1.54) is 13.2 Å². The molecule has 17 heavy (non-hydrogen) atoms. The SMILES string of the molecule is CCCc1nc(-c2ccc(OC)c(F)c2)n[nH]1. The van der Waals surface area contributed by atoms with Crippen molar-refractivity contribution in [3.63, 3.8) is 0 Å². The number of nitrogens with one attached hydrogen (secondary N) is 1. The van der Waals surface area contributed by atoms with E-state index in [2.05, 4.69) is 22.1 Å². The number of methoxy groups -OCH3 is 1. The fraction of sp³-hybridized carbons (Fsp3) is 0.333. The zero-order chi connectivity index (χ0) is 12.3.